The molecule has 1 aromatic heterocycles. The lowest BCUT2D eigenvalue weighted by molar-refractivity contribution is 0.262. The van der Waals surface area contributed by atoms with Gasteiger partial charge in [-0.3, -0.25) is 4.68 Å². The van der Waals surface area contributed by atoms with E-state index in [0.29, 0.717) is 11.4 Å². The van der Waals surface area contributed by atoms with Gasteiger partial charge >= 0.3 is 6.03 Å². The molecule has 6 heteroatoms. The van der Waals surface area contributed by atoms with Crippen molar-refractivity contribution in [2.24, 2.45) is 7.05 Å². The normalized spacial score (nSPS) is 10.0. The topological polar surface area (TPSA) is 59.0 Å². The summed E-state index contributed by atoms with van der Waals surface area (Å²) in [5, 5.41) is 9.08. The van der Waals surface area contributed by atoms with Crippen molar-refractivity contribution in [3.05, 3.63) is 42.5 Å². The number of carbonyl (C=O) groups is 1. The van der Waals surface area contributed by atoms with Crippen LogP contribution in [0.5, 0.6) is 0 Å². The van der Waals surface area contributed by atoms with Crippen LogP contribution in [0.15, 0.2) is 36.7 Å². The molecule has 0 unspecified atom stereocenters. The predicted octanol–water partition coefficient (Wildman–Crippen LogP) is 2.20. The number of nitrogens with zero attached hydrogens (tertiary/aromatic N) is 2. The lowest BCUT2D eigenvalue weighted by atomic mass is 10.3. The molecule has 1 aromatic carbocycles. The Hall–Kier alpha value is -2.37. The number of aryl methyl sites for hydroxylation is 1. The number of hydrogen-bond acceptors (Lipinski definition) is 2. The van der Waals surface area contributed by atoms with Gasteiger partial charge < -0.3 is 10.6 Å². The van der Waals surface area contributed by atoms with Crippen LogP contribution in [0.3, 0.4) is 0 Å². The van der Waals surface area contributed by atoms with Crippen LogP contribution in [-0.2, 0) is 7.05 Å². The largest absolute Gasteiger partial charge is 0.323 e. The van der Waals surface area contributed by atoms with Crippen LogP contribution in [0.4, 0.5) is 20.6 Å². The van der Waals surface area contributed by atoms with E-state index in [1.807, 2.05) is 0 Å². The lowest BCUT2D eigenvalue weighted by Crippen LogP contribution is -2.19. The van der Waals surface area contributed by atoms with Gasteiger partial charge in [0.15, 0.2) is 0 Å². The molecule has 0 saturated heterocycles. The number of carbonyl (C=O) groups excluding carboxylic acids is 1. The Morgan fingerprint density at radius 1 is 1.24 bits per heavy atom. The number of benzene rings is 1. The molecule has 2 aromatic rings. The van der Waals surface area contributed by atoms with Gasteiger partial charge in [-0.05, 0) is 24.3 Å². The highest BCUT2D eigenvalue weighted by atomic mass is 19.1. The van der Waals surface area contributed by atoms with Crippen molar-refractivity contribution in [3.8, 4) is 0 Å². The smallest absolute Gasteiger partial charge is 0.308 e. The maximum Gasteiger partial charge on any atom is 0.323 e. The van der Waals surface area contributed by atoms with Gasteiger partial charge in [0, 0.05) is 18.9 Å². The van der Waals surface area contributed by atoms with E-state index >= 15 is 0 Å². The highest BCUT2D eigenvalue weighted by molar-refractivity contribution is 5.99. The van der Waals surface area contributed by atoms with Gasteiger partial charge in [0.1, 0.15) is 5.82 Å². The molecule has 17 heavy (non-hydrogen) atoms. The monoisotopic (exact) mass is 234 g/mol. The van der Waals surface area contributed by atoms with Gasteiger partial charge in [-0.1, -0.05) is 0 Å². The second kappa shape index (κ2) is 4.65. The summed E-state index contributed by atoms with van der Waals surface area (Å²) in [6, 6.07) is 5.12. The van der Waals surface area contributed by atoms with Crippen LogP contribution in [0.2, 0.25) is 0 Å². The third-order valence-corrected chi connectivity index (χ3v) is 2.06. The molecule has 0 aliphatic rings. The Labute approximate surface area is 97.3 Å². The van der Waals surface area contributed by atoms with Crippen molar-refractivity contribution in [2.75, 3.05) is 10.6 Å². The molecule has 2 rings (SSSR count). The van der Waals surface area contributed by atoms with Crippen molar-refractivity contribution < 1.29 is 9.18 Å². The van der Waals surface area contributed by atoms with E-state index in [1.165, 1.54) is 30.5 Å². The molecule has 0 bridgehead atoms. The molecule has 5 nitrogen and oxygen atoms in total. The molecule has 2 N–H and O–H groups in total. The number of urea groups is 1. The van der Waals surface area contributed by atoms with E-state index in [0.717, 1.165) is 0 Å². The first-order chi connectivity index (χ1) is 8.13. The lowest BCUT2D eigenvalue weighted by Gasteiger charge is -2.05. The zero-order valence-corrected chi connectivity index (χ0v) is 9.14. The van der Waals surface area contributed by atoms with Crippen molar-refractivity contribution in [3.63, 3.8) is 0 Å². The minimum Gasteiger partial charge on any atom is -0.308 e. The first-order valence-corrected chi connectivity index (χ1v) is 4.96. The van der Waals surface area contributed by atoms with E-state index in [9.17, 15) is 9.18 Å². The van der Waals surface area contributed by atoms with Gasteiger partial charge in [0.05, 0.1) is 11.9 Å². The van der Waals surface area contributed by atoms with E-state index in [1.54, 1.807) is 17.9 Å². The second-order valence-electron chi connectivity index (χ2n) is 3.49. The zero-order chi connectivity index (χ0) is 12.3. The van der Waals surface area contributed by atoms with Crippen LogP contribution < -0.4 is 10.6 Å². The minimum atomic E-state index is -0.399. The van der Waals surface area contributed by atoms with E-state index in [2.05, 4.69) is 15.7 Å². The predicted molar refractivity (Wildman–Crippen MR) is 62.2 cm³/mol. The molecule has 0 aliphatic carbocycles. The van der Waals surface area contributed by atoms with E-state index in [4.69, 9.17) is 0 Å². The summed E-state index contributed by atoms with van der Waals surface area (Å²) in [6.45, 7) is 0. The van der Waals surface area contributed by atoms with Crippen molar-refractivity contribution in [1.29, 1.82) is 0 Å². The van der Waals surface area contributed by atoms with Crippen molar-refractivity contribution in [2.45, 2.75) is 0 Å². The Morgan fingerprint density at radius 2 is 1.88 bits per heavy atom. The van der Waals surface area contributed by atoms with Crippen LogP contribution in [-0.4, -0.2) is 15.8 Å². The third-order valence-electron chi connectivity index (χ3n) is 2.06. The standard InChI is InChI=1S/C11H11FN4O/c1-16-7-10(6-13-16)15-11(17)14-9-4-2-8(12)3-5-9/h2-7H,1H3,(H2,14,15,17). The molecule has 88 valence electrons. The summed E-state index contributed by atoms with van der Waals surface area (Å²) in [5.74, 6) is -0.344. The quantitative estimate of drug-likeness (QED) is 0.836. The van der Waals surface area contributed by atoms with Crippen LogP contribution >= 0.6 is 0 Å². The first-order valence-electron chi connectivity index (χ1n) is 4.96. The molecule has 2 amide bonds. The summed E-state index contributed by atoms with van der Waals surface area (Å²) in [6.07, 6.45) is 3.20. The molecule has 0 fully saturated rings. The molecular formula is C11H11FN4O. The van der Waals surface area contributed by atoms with Gasteiger partial charge in [-0.2, -0.15) is 5.10 Å². The average molecular weight is 234 g/mol. The fourth-order valence-corrected chi connectivity index (χ4v) is 1.31. The van der Waals surface area contributed by atoms with Gasteiger partial charge in [0.25, 0.3) is 0 Å². The van der Waals surface area contributed by atoms with Crippen LogP contribution in [0, 0.1) is 5.82 Å². The van der Waals surface area contributed by atoms with Gasteiger partial charge in [-0.25, -0.2) is 9.18 Å². The number of aromatic nitrogens is 2. The fourth-order valence-electron chi connectivity index (χ4n) is 1.31. The number of nitrogens with one attached hydrogen (secondary N) is 2. The van der Waals surface area contributed by atoms with Crippen LogP contribution in [0.25, 0.3) is 0 Å². The summed E-state index contributed by atoms with van der Waals surface area (Å²) in [4.78, 5) is 11.5. The Balaban J connectivity index is 1.95. The molecule has 0 aliphatic heterocycles. The van der Waals surface area contributed by atoms with Crippen molar-refractivity contribution >= 4 is 17.4 Å². The van der Waals surface area contributed by atoms with Crippen LogP contribution in [0.1, 0.15) is 0 Å². The molecule has 1 heterocycles. The minimum absolute atomic E-state index is 0.344. The maximum absolute atomic E-state index is 12.6. The zero-order valence-electron chi connectivity index (χ0n) is 9.14. The summed E-state index contributed by atoms with van der Waals surface area (Å²) in [7, 11) is 1.75. The molecule has 0 spiro atoms. The number of hydrogen-bond donors (Lipinski definition) is 2. The SMILES string of the molecule is Cn1cc(NC(=O)Nc2ccc(F)cc2)cn1. The molecular weight excluding hydrogens is 223 g/mol. The van der Waals surface area contributed by atoms with E-state index < -0.39 is 6.03 Å². The van der Waals surface area contributed by atoms with Gasteiger partial charge in [-0.15, -0.1) is 0 Å². The van der Waals surface area contributed by atoms with E-state index in [-0.39, 0.29) is 5.82 Å². The highest BCUT2D eigenvalue weighted by Crippen LogP contribution is 2.09. The number of anilines is 2. The molecule has 0 saturated carbocycles. The molecule has 0 atom stereocenters. The maximum atomic E-state index is 12.6. The third kappa shape index (κ3) is 3.04. The highest BCUT2D eigenvalue weighted by Gasteiger charge is 2.03. The number of amides is 2. The number of halogens is 1. The summed E-state index contributed by atoms with van der Waals surface area (Å²) >= 11 is 0. The van der Waals surface area contributed by atoms with Crippen molar-refractivity contribution in [1.82, 2.24) is 9.78 Å². The Morgan fingerprint density at radius 3 is 2.47 bits per heavy atom. The Kier molecular flexibility index (Phi) is 3.04. The fraction of sp³-hybridized carbons (Fsp3) is 0.0909. The molecule has 0 radical (unpaired) electrons. The average Bonchev–Trinajstić information content (AvgIpc) is 2.67. The summed E-state index contributed by atoms with van der Waals surface area (Å²) in [5.41, 5.74) is 1.11. The Bertz CT molecular complexity index is 521. The summed E-state index contributed by atoms with van der Waals surface area (Å²) < 4.78 is 14.2. The second-order valence-corrected chi connectivity index (χ2v) is 3.49. The first kappa shape index (κ1) is 11.1. The van der Waals surface area contributed by atoms with Gasteiger partial charge in [0.2, 0.25) is 0 Å². The number of rotatable bonds is 2.